The van der Waals surface area contributed by atoms with Gasteiger partial charge in [0.25, 0.3) is 5.91 Å². The number of hydrogen-bond donors (Lipinski definition) is 1. The third-order valence-corrected chi connectivity index (χ3v) is 3.28. The van der Waals surface area contributed by atoms with Crippen molar-refractivity contribution in [2.75, 3.05) is 24.6 Å². The quantitative estimate of drug-likeness (QED) is 0.902. The molecule has 1 aromatic rings. The van der Waals surface area contributed by atoms with Crippen LogP contribution in [0.3, 0.4) is 0 Å². The van der Waals surface area contributed by atoms with E-state index in [0.717, 1.165) is 12.1 Å². The lowest BCUT2D eigenvalue weighted by Gasteiger charge is -2.39. The van der Waals surface area contributed by atoms with Gasteiger partial charge in [0.2, 0.25) is 0 Å². The van der Waals surface area contributed by atoms with Crippen molar-refractivity contribution in [1.82, 2.24) is 0 Å². The molecular formula is C13H15F3N2O2. The van der Waals surface area contributed by atoms with Crippen LogP contribution in [0.5, 0.6) is 0 Å². The van der Waals surface area contributed by atoms with Crippen LogP contribution in [-0.2, 0) is 15.7 Å². The summed E-state index contributed by atoms with van der Waals surface area (Å²) in [7, 11) is 0. The molecule has 1 aliphatic heterocycles. The molecule has 1 amide bonds. The highest BCUT2D eigenvalue weighted by atomic mass is 19.4. The molecule has 4 nitrogen and oxygen atoms in total. The summed E-state index contributed by atoms with van der Waals surface area (Å²) in [5.74, 6) is -0.296. The number of ether oxygens (including phenoxy) is 1. The summed E-state index contributed by atoms with van der Waals surface area (Å²) in [6.07, 6.45) is -4.39. The molecule has 1 unspecified atom stereocenters. The molecular weight excluding hydrogens is 273 g/mol. The fourth-order valence-electron chi connectivity index (χ4n) is 1.97. The number of nitrogens with zero attached hydrogens (tertiary/aromatic N) is 1. The van der Waals surface area contributed by atoms with Gasteiger partial charge < -0.3 is 15.4 Å². The van der Waals surface area contributed by atoms with E-state index in [0.29, 0.717) is 5.69 Å². The van der Waals surface area contributed by atoms with E-state index in [2.05, 4.69) is 0 Å². The number of alkyl halides is 3. The predicted octanol–water partition coefficient (Wildman–Crippen LogP) is 1.79. The number of nitrogens with two attached hydrogens (primary N) is 1. The van der Waals surface area contributed by atoms with Gasteiger partial charge in [-0.1, -0.05) is 0 Å². The molecule has 2 rings (SSSR count). The fourth-order valence-corrected chi connectivity index (χ4v) is 1.97. The molecule has 0 radical (unpaired) electrons. The number of morpholine rings is 1. The van der Waals surface area contributed by atoms with Gasteiger partial charge in [0, 0.05) is 12.2 Å². The van der Waals surface area contributed by atoms with E-state index in [1.165, 1.54) is 17.0 Å². The van der Waals surface area contributed by atoms with E-state index in [1.807, 2.05) is 0 Å². The fraction of sp³-hybridized carbons (Fsp3) is 0.462. The van der Waals surface area contributed by atoms with Gasteiger partial charge in [-0.3, -0.25) is 4.79 Å². The van der Waals surface area contributed by atoms with E-state index in [9.17, 15) is 18.0 Å². The maximum Gasteiger partial charge on any atom is 0.416 e. The monoisotopic (exact) mass is 288 g/mol. The summed E-state index contributed by atoms with van der Waals surface area (Å²) in [4.78, 5) is 13.2. The Morgan fingerprint density at radius 2 is 1.95 bits per heavy atom. The van der Waals surface area contributed by atoms with E-state index in [1.54, 1.807) is 6.92 Å². The topological polar surface area (TPSA) is 55.6 Å². The Labute approximate surface area is 114 Å². The maximum atomic E-state index is 12.5. The highest BCUT2D eigenvalue weighted by Gasteiger charge is 2.36. The molecule has 1 heterocycles. The highest BCUT2D eigenvalue weighted by Crippen LogP contribution is 2.31. The number of amides is 1. The number of hydrogen-bond acceptors (Lipinski definition) is 3. The lowest BCUT2D eigenvalue weighted by Crippen LogP contribution is -2.56. The van der Waals surface area contributed by atoms with Gasteiger partial charge >= 0.3 is 6.18 Å². The Morgan fingerprint density at radius 1 is 1.35 bits per heavy atom. The molecule has 0 bridgehead atoms. The van der Waals surface area contributed by atoms with Crippen molar-refractivity contribution in [2.45, 2.75) is 18.7 Å². The minimum Gasteiger partial charge on any atom is -0.362 e. The van der Waals surface area contributed by atoms with E-state index < -0.39 is 17.3 Å². The van der Waals surface area contributed by atoms with Gasteiger partial charge in [0.05, 0.1) is 17.7 Å². The Bertz CT molecular complexity index is 501. The smallest absolute Gasteiger partial charge is 0.362 e. The average Bonchev–Trinajstić information content (AvgIpc) is 2.41. The van der Waals surface area contributed by atoms with Crippen LogP contribution in [0.2, 0.25) is 0 Å². The molecule has 1 saturated heterocycles. The molecule has 110 valence electrons. The number of benzene rings is 1. The second-order valence-electron chi connectivity index (χ2n) is 4.97. The minimum atomic E-state index is -4.39. The highest BCUT2D eigenvalue weighted by molar-refractivity contribution is 5.95. The molecule has 1 atom stereocenters. The first kappa shape index (κ1) is 14.8. The maximum absolute atomic E-state index is 12.5. The summed E-state index contributed by atoms with van der Waals surface area (Å²) in [5.41, 5.74) is 4.57. The first-order valence-electron chi connectivity index (χ1n) is 6.07. The van der Waals surface area contributed by atoms with Gasteiger partial charge in [-0.2, -0.15) is 13.2 Å². The van der Waals surface area contributed by atoms with Gasteiger partial charge in [-0.25, -0.2) is 0 Å². The average molecular weight is 288 g/mol. The van der Waals surface area contributed by atoms with Crippen molar-refractivity contribution in [3.8, 4) is 0 Å². The summed E-state index contributed by atoms with van der Waals surface area (Å²) in [6, 6.07) is 4.47. The summed E-state index contributed by atoms with van der Waals surface area (Å²) >= 11 is 0. The molecule has 1 aliphatic rings. The van der Waals surface area contributed by atoms with Crippen molar-refractivity contribution in [3.63, 3.8) is 0 Å². The van der Waals surface area contributed by atoms with Gasteiger partial charge in [-0.15, -0.1) is 0 Å². The molecule has 1 fully saturated rings. The summed E-state index contributed by atoms with van der Waals surface area (Å²) in [6.45, 7) is 2.07. The zero-order valence-corrected chi connectivity index (χ0v) is 10.9. The van der Waals surface area contributed by atoms with Gasteiger partial charge in [0.1, 0.15) is 6.61 Å². The van der Waals surface area contributed by atoms with Crippen LogP contribution in [0.1, 0.15) is 12.5 Å². The molecule has 2 N–H and O–H groups in total. The largest absolute Gasteiger partial charge is 0.416 e. The lowest BCUT2D eigenvalue weighted by atomic mass is 10.0. The Kier molecular flexibility index (Phi) is 3.75. The number of halogens is 3. The van der Waals surface area contributed by atoms with Crippen LogP contribution in [0, 0.1) is 0 Å². The number of carbonyl (C=O) groups is 1. The van der Waals surface area contributed by atoms with Gasteiger partial charge in [-0.05, 0) is 31.2 Å². The van der Waals surface area contributed by atoms with Crippen LogP contribution in [0.25, 0.3) is 0 Å². The van der Waals surface area contributed by atoms with E-state index >= 15 is 0 Å². The molecule has 0 spiro atoms. The van der Waals surface area contributed by atoms with Crippen LogP contribution in [0.4, 0.5) is 18.9 Å². The molecule has 1 aromatic carbocycles. The molecule has 7 heteroatoms. The van der Waals surface area contributed by atoms with Crippen LogP contribution < -0.4 is 10.6 Å². The first-order chi connectivity index (χ1) is 9.25. The first-order valence-corrected chi connectivity index (χ1v) is 6.07. The molecule has 0 aliphatic carbocycles. The van der Waals surface area contributed by atoms with Crippen LogP contribution >= 0.6 is 0 Å². The van der Waals surface area contributed by atoms with Crippen molar-refractivity contribution in [2.24, 2.45) is 5.73 Å². The van der Waals surface area contributed by atoms with Crippen LogP contribution in [0.15, 0.2) is 24.3 Å². The van der Waals surface area contributed by atoms with Crippen molar-refractivity contribution >= 4 is 11.6 Å². The predicted molar refractivity (Wildman–Crippen MR) is 67.2 cm³/mol. The van der Waals surface area contributed by atoms with Crippen LogP contribution in [-0.4, -0.2) is 31.2 Å². The van der Waals surface area contributed by atoms with Crippen molar-refractivity contribution in [1.29, 1.82) is 0 Å². The Morgan fingerprint density at radius 3 is 2.45 bits per heavy atom. The van der Waals surface area contributed by atoms with E-state index in [4.69, 9.17) is 10.5 Å². The van der Waals surface area contributed by atoms with Gasteiger partial charge in [0.15, 0.2) is 0 Å². The third kappa shape index (κ3) is 2.94. The lowest BCUT2D eigenvalue weighted by molar-refractivity contribution is -0.137. The summed E-state index contributed by atoms with van der Waals surface area (Å²) < 4.78 is 42.9. The Hall–Kier alpha value is -1.60. The second-order valence-corrected chi connectivity index (χ2v) is 4.97. The van der Waals surface area contributed by atoms with E-state index in [-0.39, 0.29) is 25.6 Å². The molecule has 0 saturated carbocycles. The zero-order chi connectivity index (χ0) is 15.0. The minimum absolute atomic E-state index is 0.130. The number of anilines is 1. The number of carbonyl (C=O) groups excluding carboxylic acids is 1. The Balaban J connectivity index is 2.24. The zero-order valence-electron chi connectivity index (χ0n) is 10.9. The van der Waals surface area contributed by atoms with Crippen molar-refractivity contribution in [3.05, 3.63) is 29.8 Å². The van der Waals surface area contributed by atoms with Crippen molar-refractivity contribution < 1.29 is 22.7 Å². The number of rotatable bonds is 2. The SMILES string of the molecule is CC1(CN)CN(c2ccc(C(F)(F)F)cc2)C(=O)CO1. The second kappa shape index (κ2) is 5.06. The molecule has 0 aromatic heterocycles. The molecule has 20 heavy (non-hydrogen) atoms. The normalized spacial score (nSPS) is 24.1. The summed E-state index contributed by atoms with van der Waals surface area (Å²) in [5, 5.41) is 0. The third-order valence-electron chi connectivity index (χ3n) is 3.28. The standard InChI is InChI=1S/C13H15F3N2O2/c1-12(7-17)8-18(11(19)6-20-12)10-4-2-9(3-5-10)13(14,15)16/h2-5H,6-8,17H2,1H3.